The summed E-state index contributed by atoms with van der Waals surface area (Å²) in [4.78, 5) is 47.2. The summed E-state index contributed by atoms with van der Waals surface area (Å²) < 4.78 is 15.6. The highest BCUT2D eigenvalue weighted by atomic mass is 19.1. The lowest BCUT2D eigenvalue weighted by Gasteiger charge is -2.33. The zero-order chi connectivity index (χ0) is 24.7. The van der Waals surface area contributed by atoms with Crippen LogP contribution in [0.15, 0.2) is 53.8 Å². The van der Waals surface area contributed by atoms with Crippen LogP contribution in [-0.2, 0) is 10.3 Å². The quantitative estimate of drug-likeness (QED) is 0.174. The maximum absolute atomic E-state index is 15.6. The molecule has 9 nitrogen and oxygen atoms in total. The third kappa shape index (κ3) is 5.40. The molecule has 0 fully saturated rings. The van der Waals surface area contributed by atoms with Gasteiger partial charge in [0.05, 0.1) is 22.4 Å². The highest BCUT2D eigenvalue weighted by Crippen LogP contribution is 2.29. The number of alkyl halides is 1. The van der Waals surface area contributed by atoms with Gasteiger partial charge in [-0.1, -0.05) is 36.2 Å². The predicted molar refractivity (Wildman–Crippen MR) is 124 cm³/mol. The number of hydrogen-bond acceptors (Lipinski definition) is 5. The van der Waals surface area contributed by atoms with Crippen molar-refractivity contribution in [3.8, 4) is 0 Å². The molecule has 0 spiro atoms. The van der Waals surface area contributed by atoms with E-state index in [1.165, 1.54) is 12.1 Å². The zero-order valence-electron chi connectivity index (χ0n) is 19.1. The van der Waals surface area contributed by atoms with E-state index in [2.05, 4.69) is 20.3 Å². The fraction of sp³-hybridized carbons (Fsp3) is 0.417. The minimum absolute atomic E-state index is 0.0359. The molecular formula is C24H27FN6O3. The number of carbonyl (C=O) groups excluding carboxylic acids is 3. The van der Waals surface area contributed by atoms with E-state index in [-0.39, 0.29) is 17.5 Å². The highest BCUT2D eigenvalue weighted by Gasteiger charge is 2.47. The number of amides is 3. The van der Waals surface area contributed by atoms with Crippen molar-refractivity contribution in [2.45, 2.75) is 57.3 Å². The standard InChI is InChI=1S/C24H27FN6O3/c1-24(2,19-13-7-9-14-27-19)29-21(32)20(18(25)12-4-3-8-15-28-30-26)31-22(33)16-10-5-6-11-17(16)23(31)34/h5-7,9-11,13-14,18,20H,3-4,8,12,15H2,1-2H3,(H,29,32)/t18-,20-/m0/s1. The smallest absolute Gasteiger partial charge is 0.262 e. The summed E-state index contributed by atoms with van der Waals surface area (Å²) in [6.07, 6.45) is 1.33. The Bertz CT molecular complexity index is 1070. The normalized spacial score (nSPS) is 14.9. The molecule has 10 heteroatoms. The van der Waals surface area contributed by atoms with Gasteiger partial charge in [0.1, 0.15) is 12.2 Å². The van der Waals surface area contributed by atoms with Gasteiger partial charge in [0.2, 0.25) is 5.91 Å². The average molecular weight is 467 g/mol. The Morgan fingerprint density at radius 1 is 1.12 bits per heavy atom. The van der Waals surface area contributed by atoms with Gasteiger partial charge in [0, 0.05) is 17.7 Å². The minimum Gasteiger partial charge on any atom is -0.344 e. The van der Waals surface area contributed by atoms with Crippen molar-refractivity contribution in [2.24, 2.45) is 5.11 Å². The first-order valence-corrected chi connectivity index (χ1v) is 11.1. The van der Waals surface area contributed by atoms with Gasteiger partial charge in [-0.3, -0.25) is 24.3 Å². The molecule has 0 saturated heterocycles. The molecule has 0 radical (unpaired) electrons. The molecule has 1 N–H and O–H groups in total. The van der Waals surface area contributed by atoms with Crippen LogP contribution in [0.3, 0.4) is 0 Å². The van der Waals surface area contributed by atoms with Crippen molar-refractivity contribution in [2.75, 3.05) is 6.54 Å². The van der Waals surface area contributed by atoms with Gasteiger partial charge in [0.15, 0.2) is 0 Å². The molecule has 2 aromatic rings. The number of azide groups is 1. The lowest BCUT2D eigenvalue weighted by Crippen LogP contribution is -2.57. The first-order valence-electron chi connectivity index (χ1n) is 11.1. The van der Waals surface area contributed by atoms with Crippen LogP contribution in [0.25, 0.3) is 10.4 Å². The van der Waals surface area contributed by atoms with Crippen molar-refractivity contribution < 1.29 is 18.8 Å². The first kappa shape index (κ1) is 24.9. The van der Waals surface area contributed by atoms with Gasteiger partial charge >= 0.3 is 0 Å². The van der Waals surface area contributed by atoms with Gasteiger partial charge in [-0.05, 0) is 56.5 Å². The van der Waals surface area contributed by atoms with E-state index in [0.717, 1.165) is 4.90 Å². The molecule has 3 amide bonds. The van der Waals surface area contributed by atoms with E-state index in [1.54, 1.807) is 50.4 Å². The minimum atomic E-state index is -1.78. The molecule has 1 aliphatic heterocycles. The molecule has 2 atom stereocenters. The number of aromatic nitrogens is 1. The van der Waals surface area contributed by atoms with Crippen molar-refractivity contribution in [1.82, 2.24) is 15.2 Å². The molecule has 1 aromatic carbocycles. The van der Waals surface area contributed by atoms with E-state index in [1.807, 2.05) is 0 Å². The van der Waals surface area contributed by atoms with Gasteiger partial charge in [-0.2, -0.15) is 0 Å². The molecule has 178 valence electrons. The molecule has 0 unspecified atom stereocenters. The van der Waals surface area contributed by atoms with E-state index in [9.17, 15) is 14.4 Å². The molecule has 34 heavy (non-hydrogen) atoms. The number of imide groups is 1. The van der Waals surface area contributed by atoms with Gasteiger partial charge in [-0.25, -0.2) is 4.39 Å². The van der Waals surface area contributed by atoms with Crippen LogP contribution in [-0.4, -0.2) is 46.4 Å². The van der Waals surface area contributed by atoms with Crippen LogP contribution >= 0.6 is 0 Å². The third-order valence-electron chi connectivity index (χ3n) is 5.76. The fourth-order valence-corrected chi connectivity index (χ4v) is 3.98. The largest absolute Gasteiger partial charge is 0.344 e. The van der Waals surface area contributed by atoms with E-state index in [4.69, 9.17) is 5.53 Å². The lowest BCUT2D eigenvalue weighted by molar-refractivity contribution is -0.129. The molecule has 1 aliphatic rings. The Labute approximate surface area is 197 Å². The summed E-state index contributed by atoms with van der Waals surface area (Å²) in [7, 11) is 0. The maximum Gasteiger partial charge on any atom is 0.262 e. The Balaban J connectivity index is 1.83. The van der Waals surface area contributed by atoms with Crippen LogP contribution in [0.1, 0.15) is 65.9 Å². The summed E-state index contributed by atoms with van der Waals surface area (Å²) in [6.45, 7) is 3.74. The molecule has 3 rings (SSSR count). The number of unbranched alkanes of at least 4 members (excludes halogenated alkanes) is 2. The number of hydrogen-bond donors (Lipinski definition) is 1. The number of rotatable bonds is 11. The monoisotopic (exact) mass is 466 g/mol. The Morgan fingerprint density at radius 2 is 1.76 bits per heavy atom. The van der Waals surface area contributed by atoms with Crippen molar-refractivity contribution in [3.05, 3.63) is 75.9 Å². The summed E-state index contributed by atoms with van der Waals surface area (Å²) in [5, 5.41) is 6.22. The van der Waals surface area contributed by atoms with Gasteiger partial charge in [-0.15, -0.1) is 0 Å². The van der Waals surface area contributed by atoms with Crippen molar-refractivity contribution >= 4 is 17.7 Å². The average Bonchev–Trinajstić information content (AvgIpc) is 3.07. The van der Waals surface area contributed by atoms with E-state index in [0.29, 0.717) is 31.5 Å². The first-order chi connectivity index (χ1) is 16.3. The SMILES string of the molecule is CC(C)(NC(=O)[C@H]([C@@H](F)CCCCCN=[N+]=[N-])N1C(=O)c2ccccc2C1=O)c1ccccn1. The molecule has 1 aromatic heterocycles. The van der Waals surface area contributed by atoms with Crippen LogP contribution in [0.4, 0.5) is 4.39 Å². The fourth-order valence-electron chi connectivity index (χ4n) is 3.98. The van der Waals surface area contributed by atoms with E-state index < -0.39 is 35.5 Å². The summed E-state index contributed by atoms with van der Waals surface area (Å²) in [6, 6.07) is 9.82. The molecular weight excluding hydrogens is 439 g/mol. The van der Waals surface area contributed by atoms with Crippen LogP contribution in [0.2, 0.25) is 0 Å². The predicted octanol–water partition coefficient (Wildman–Crippen LogP) is 4.31. The number of nitrogens with one attached hydrogen (secondary N) is 1. The van der Waals surface area contributed by atoms with Crippen molar-refractivity contribution in [3.63, 3.8) is 0 Å². The Morgan fingerprint density at radius 3 is 2.35 bits per heavy atom. The lowest BCUT2D eigenvalue weighted by atomic mass is 9.97. The number of nitrogens with zero attached hydrogens (tertiary/aromatic N) is 5. The number of fused-ring (bicyclic) bond motifs is 1. The molecule has 2 heterocycles. The van der Waals surface area contributed by atoms with Crippen LogP contribution < -0.4 is 5.32 Å². The van der Waals surface area contributed by atoms with Crippen LogP contribution in [0, 0.1) is 0 Å². The summed E-state index contributed by atoms with van der Waals surface area (Å²) in [5.41, 5.74) is 8.23. The highest BCUT2D eigenvalue weighted by molar-refractivity contribution is 6.23. The molecule has 0 bridgehead atoms. The Hall–Kier alpha value is -3.78. The zero-order valence-corrected chi connectivity index (χ0v) is 19.1. The number of carbonyl (C=O) groups is 3. The number of benzene rings is 1. The number of pyridine rings is 1. The second-order valence-corrected chi connectivity index (χ2v) is 8.62. The second-order valence-electron chi connectivity index (χ2n) is 8.62. The number of halogens is 1. The van der Waals surface area contributed by atoms with Crippen LogP contribution in [0.5, 0.6) is 0 Å². The third-order valence-corrected chi connectivity index (χ3v) is 5.76. The van der Waals surface area contributed by atoms with Crippen molar-refractivity contribution in [1.29, 1.82) is 0 Å². The van der Waals surface area contributed by atoms with Gasteiger partial charge < -0.3 is 5.32 Å². The molecule has 0 saturated carbocycles. The van der Waals surface area contributed by atoms with E-state index >= 15 is 4.39 Å². The maximum atomic E-state index is 15.6. The Kier molecular flexibility index (Phi) is 7.96. The topological polar surface area (TPSA) is 128 Å². The summed E-state index contributed by atoms with van der Waals surface area (Å²) in [5.74, 6) is -2.16. The molecule has 0 aliphatic carbocycles. The second kappa shape index (κ2) is 10.9. The summed E-state index contributed by atoms with van der Waals surface area (Å²) >= 11 is 0. The van der Waals surface area contributed by atoms with Gasteiger partial charge in [0.25, 0.3) is 11.8 Å².